The first kappa shape index (κ1) is 25.0. The first-order chi connectivity index (χ1) is 18.4. The number of halogens is 2. The van der Waals surface area contributed by atoms with Crippen molar-refractivity contribution < 1.29 is 13.6 Å². The minimum atomic E-state index is -0.726. The van der Waals surface area contributed by atoms with Gasteiger partial charge in [-0.2, -0.15) is 5.26 Å². The summed E-state index contributed by atoms with van der Waals surface area (Å²) in [5.41, 5.74) is 0.816. The van der Waals surface area contributed by atoms with Crippen LogP contribution in [0.5, 0.6) is 0 Å². The van der Waals surface area contributed by atoms with Gasteiger partial charge in [0.05, 0.1) is 15.2 Å². The predicted molar refractivity (Wildman–Crippen MR) is 146 cm³/mol. The van der Waals surface area contributed by atoms with Gasteiger partial charge in [-0.1, -0.05) is 41.9 Å². The van der Waals surface area contributed by atoms with Crippen LogP contribution in [0.15, 0.2) is 100 Å². The minimum Gasteiger partial charge on any atom is -0.457 e. The van der Waals surface area contributed by atoms with Gasteiger partial charge in [-0.3, -0.25) is 14.2 Å². The minimum absolute atomic E-state index is 0.146. The van der Waals surface area contributed by atoms with Crippen molar-refractivity contribution in [2.45, 2.75) is 0 Å². The van der Waals surface area contributed by atoms with E-state index in [0.717, 1.165) is 11.3 Å². The summed E-state index contributed by atoms with van der Waals surface area (Å²) in [6, 6.07) is 26.5. The Morgan fingerprint density at radius 2 is 1.71 bits per heavy atom. The van der Waals surface area contributed by atoms with E-state index in [9.17, 15) is 19.2 Å². The highest BCUT2D eigenvalue weighted by atomic mass is 35.5. The van der Waals surface area contributed by atoms with Crippen LogP contribution in [0, 0.1) is 17.1 Å². The molecular weight excluding hydrogens is 525 g/mol. The van der Waals surface area contributed by atoms with Crippen LogP contribution in [0.4, 0.5) is 10.1 Å². The monoisotopic (exact) mass is 541 g/mol. The molecule has 9 heteroatoms. The molecule has 0 saturated heterocycles. The molecule has 0 aliphatic rings. The van der Waals surface area contributed by atoms with E-state index in [2.05, 4.69) is 5.32 Å². The summed E-state index contributed by atoms with van der Waals surface area (Å²) in [5.74, 6) is -0.251. The molecule has 5 rings (SSSR count). The van der Waals surface area contributed by atoms with Crippen LogP contribution >= 0.6 is 22.9 Å². The van der Waals surface area contributed by atoms with Crippen molar-refractivity contribution in [2.24, 2.45) is 0 Å². The molecule has 0 atom stereocenters. The fourth-order valence-corrected chi connectivity index (χ4v) is 5.06. The Kier molecular flexibility index (Phi) is 7.05. The maximum absolute atomic E-state index is 13.5. The Morgan fingerprint density at radius 1 is 1.00 bits per heavy atom. The lowest BCUT2D eigenvalue weighted by Crippen LogP contribution is -2.32. The lowest BCUT2D eigenvalue weighted by Gasteiger charge is -2.05. The zero-order valence-corrected chi connectivity index (χ0v) is 21.1. The van der Waals surface area contributed by atoms with Crippen molar-refractivity contribution in [3.63, 3.8) is 0 Å². The van der Waals surface area contributed by atoms with Crippen LogP contribution in [-0.4, -0.2) is 10.5 Å². The third-order valence-corrected chi connectivity index (χ3v) is 6.95. The lowest BCUT2D eigenvalue weighted by atomic mass is 10.2. The molecule has 6 nitrogen and oxygen atoms in total. The molecule has 2 heterocycles. The number of hydrogen-bond donors (Lipinski definition) is 1. The smallest absolute Gasteiger partial charge is 0.273 e. The van der Waals surface area contributed by atoms with Gasteiger partial charge in [0.25, 0.3) is 11.5 Å². The zero-order valence-electron chi connectivity index (χ0n) is 19.5. The zero-order chi connectivity index (χ0) is 26.6. The number of nitrogens with zero attached hydrogens (tertiary/aromatic N) is 2. The number of nitrogens with one attached hydrogen (secondary N) is 1. The predicted octanol–water partition coefficient (Wildman–Crippen LogP) is 5.09. The quantitative estimate of drug-likeness (QED) is 0.335. The maximum atomic E-state index is 13.5. The molecule has 186 valence electrons. The van der Waals surface area contributed by atoms with Gasteiger partial charge in [-0.15, -0.1) is 11.3 Å². The summed E-state index contributed by atoms with van der Waals surface area (Å²) in [6.07, 6.45) is 1.56. The number of para-hydroxylation sites is 1. The van der Waals surface area contributed by atoms with Crippen LogP contribution in [-0.2, 0) is 4.79 Å². The Balaban J connectivity index is 1.66. The average molecular weight is 542 g/mol. The standard InChI is InChI=1S/C29H17ClFN3O3S/c30-24-9-5-4-8-22(24)25-15-14-21(37-25)16-26-28(36)34(20-6-2-1-3-7-20)29(38-26)23(17-32)27(35)33-19-12-10-18(31)11-13-19/h1-16H,(H,33,35). The molecule has 0 spiro atoms. The van der Waals surface area contributed by atoms with Crippen LogP contribution in [0.25, 0.3) is 28.7 Å². The highest BCUT2D eigenvalue weighted by molar-refractivity contribution is 7.07. The number of carbonyl (C=O) groups is 1. The fourth-order valence-electron chi connectivity index (χ4n) is 3.75. The van der Waals surface area contributed by atoms with Crippen molar-refractivity contribution in [2.75, 3.05) is 5.32 Å². The van der Waals surface area contributed by atoms with E-state index in [1.54, 1.807) is 54.6 Å². The van der Waals surface area contributed by atoms with Gasteiger partial charge < -0.3 is 9.73 Å². The van der Waals surface area contributed by atoms with Crippen molar-refractivity contribution in [3.05, 3.63) is 127 Å². The number of rotatable bonds is 5. The van der Waals surface area contributed by atoms with Gasteiger partial charge in [0.15, 0.2) is 5.57 Å². The molecule has 1 N–H and O–H groups in total. The summed E-state index contributed by atoms with van der Waals surface area (Å²) in [6.45, 7) is 0. The second kappa shape index (κ2) is 10.7. The lowest BCUT2D eigenvalue weighted by molar-refractivity contribution is -0.111. The topological polar surface area (TPSA) is 88.0 Å². The van der Waals surface area contributed by atoms with E-state index >= 15 is 0 Å². The first-order valence-electron chi connectivity index (χ1n) is 11.3. The highest BCUT2D eigenvalue weighted by Gasteiger charge is 2.18. The molecule has 0 aliphatic carbocycles. The molecule has 0 fully saturated rings. The van der Waals surface area contributed by atoms with Gasteiger partial charge in [-0.05, 0) is 60.7 Å². The number of furan rings is 1. The molecule has 5 aromatic rings. The van der Waals surface area contributed by atoms with Gasteiger partial charge in [0, 0.05) is 17.3 Å². The number of amides is 1. The van der Waals surface area contributed by atoms with Gasteiger partial charge in [0.1, 0.15) is 28.1 Å². The van der Waals surface area contributed by atoms with E-state index in [1.807, 2.05) is 24.3 Å². The first-order valence-corrected chi connectivity index (χ1v) is 12.5. The number of aromatic nitrogens is 1. The van der Waals surface area contributed by atoms with E-state index in [0.29, 0.717) is 33.5 Å². The van der Waals surface area contributed by atoms with Gasteiger partial charge >= 0.3 is 0 Å². The molecule has 0 saturated carbocycles. The summed E-state index contributed by atoms with van der Waals surface area (Å²) in [7, 11) is 0. The third kappa shape index (κ3) is 5.06. The Labute approximate surface area is 224 Å². The molecule has 0 bridgehead atoms. The van der Waals surface area contributed by atoms with Crippen LogP contribution < -0.4 is 20.1 Å². The average Bonchev–Trinajstić information content (AvgIpc) is 3.51. The normalized spacial score (nSPS) is 12.2. The van der Waals surface area contributed by atoms with Gasteiger partial charge in [-0.25, -0.2) is 4.39 Å². The van der Waals surface area contributed by atoms with E-state index in [4.69, 9.17) is 16.0 Å². The largest absolute Gasteiger partial charge is 0.457 e. The van der Waals surface area contributed by atoms with Crippen molar-refractivity contribution in [1.29, 1.82) is 5.26 Å². The second-order valence-electron chi connectivity index (χ2n) is 8.02. The molecule has 3 aromatic carbocycles. The number of hydrogen-bond acceptors (Lipinski definition) is 5. The Hall–Kier alpha value is -4.71. The highest BCUT2D eigenvalue weighted by Crippen LogP contribution is 2.29. The van der Waals surface area contributed by atoms with Crippen LogP contribution in [0.2, 0.25) is 5.02 Å². The summed E-state index contributed by atoms with van der Waals surface area (Å²) < 4.78 is 20.9. The molecule has 2 aromatic heterocycles. The summed E-state index contributed by atoms with van der Waals surface area (Å²) >= 11 is 7.27. The molecule has 1 amide bonds. The van der Waals surface area contributed by atoms with E-state index in [1.165, 1.54) is 28.8 Å². The molecule has 0 unspecified atom stereocenters. The van der Waals surface area contributed by atoms with Crippen molar-refractivity contribution in [1.82, 2.24) is 4.57 Å². The molecule has 0 aliphatic heterocycles. The molecular formula is C29H17ClFN3O3S. The van der Waals surface area contributed by atoms with Crippen LogP contribution in [0.1, 0.15) is 5.76 Å². The second-order valence-corrected chi connectivity index (χ2v) is 9.46. The summed E-state index contributed by atoms with van der Waals surface area (Å²) in [4.78, 5) is 26.6. The number of anilines is 1. The Morgan fingerprint density at radius 3 is 2.42 bits per heavy atom. The van der Waals surface area contributed by atoms with E-state index in [-0.39, 0.29) is 14.8 Å². The Bertz CT molecular complexity index is 1870. The number of carbonyl (C=O) groups excluding carboxylic acids is 1. The van der Waals surface area contributed by atoms with E-state index < -0.39 is 17.3 Å². The van der Waals surface area contributed by atoms with Crippen molar-refractivity contribution in [3.8, 4) is 23.1 Å². The van der Waals surface area contributed by atoms with Crippen LogP contribution in [0.3, 0.4) is 0 Å². The fraction of sp³-hybridized carbons (Fsp3) is 0. The molecule has 0 radical (unpaired) electrons. The molecule has 38 heavy (non-hydrogen) atoms. The van der Waals surface area contributed by atoms with Crippen molar-refractivity contribution >= 4 is 46.2 Å². The number of thiazole rings is 1. The SMILES string of the molecule is N#CC(C(=O)Nc1ccc(F)cc1)=c1sc(=Cc2ccc(-c3ccccc3Cl)o2)c(=O)n1-c1ccccc1. The van der Waals surface area contributed by atoms with Gasteiger partial charge in [0.2, 0.25) is 0 Å². The third-order valence-electron chi connectivity index (χ3n) is 5.53. The summed E-state index contributed by atoms with van der Waals surface area (Å²) in [5, 5.41) is 13.0. The number of benzene rings is 3. The maximum Gasteiger partial charge on any atom is 0.273 e. The number of nitriles is 1.